The first-order valence-electron chi connectivity index (χ1n) is 8.59. The minimum Gasteiger partial charge on any atom is -0.340 e. The molecule has 0 aliphatic carbocycles. The first-order chi connectivity index (χ1) is 11.8. The van der Waals surface area contributed by atoms with Crippen LogP contribution in [0.1, 0.15) is 36.5 Å². The highest BCUT2D eigenvalue weighted by Crippen LogP contribution is 2.31. The molecule has 0 radical (unpaired) electrons. The zero-order chi connectivity index (χ0) is 18.2. The van der Waals surface area contributed by atoms with Crippen molar-refractivity contribution in [1.82, 2.24) is 9.80 Å². The van der Waals surface area contributed by atoms with Crippen LogP contribution in [0, 0.1) is 5.41 Å². The van der Waals surface area contributed by atoms with Crippen LogP contribution in [0.25, 0.3) is 0 Å². The molecule has 2 unspecified atom stereocenters. The summed E-state index contributed by atoms with van der Waals surface area (Å²) in [4.78, 5) is 29.3. The lowest BCUT2D eigenvalue weighted by Gasteiger charge is -2.29. The van der Waals surface area contributed by atoms with E-state index in [0.717, 1.165) is 12.8 Å². The quantitative estimate of drug-likeness (QED) is 0.872. The molecule has 2 aliphatic rings. The average molecular weight is 384 g/mol. The molecule has 136 valence electrons. The molecule has 0 saturated carbocycles. The minimum absolute atomic E-state index is 0.0210. The maximum absolute atomic E-state index is 13.0. The Kier molecular flexibility index (Phi) is 5.28. The Morgan fingerprint density at radius 3 is 2.68 bits per heavy atom. The van der Waals surface area contributed by atoms with Gasteiger partial charge in [-0.1, -0.05) is 30.1 Å². The summed E-state index contributed by atoms with van der Waals surface area (Å²) in [7, 11) is 0. The van der Waals surface area contributed by atoms with Crippen molar-refractivity contribution in [2.75, 3.05) is 26.2 Å². The molecular formula is C18H23Cl2N3O2. The van der Waals surface area contributed by atoms with Gasteiger partial charge in [-0.25, -0.2) is 0 Å². The number of hydrogen-bond donors (Lipinski definition) is 1. The summed E-state index contributed by atoms with van der Waals surface area (Å²) in [5.41, 5.74) is 6.28. The lowest BCUT2D eigenvalue weighted by Crippen LogP contribution is -2.47. The average Bonchev–Trinajstić information content (AvgIpc) is 3.23. The molecule has 2 aliphatic heterocycles. The summed E-state index contributed by atoms with van der Waals surface area (Å²) in [6.07, 6.45) is 2.43. The number of halogens is 2. The third-order valence-electron chi connectivity index (χ3n) is 5.33. The predicted octanol–water partition coefficient (Wildman–Crippen LogP) is 2.80. The van der Waals surface area contributed by atoms with Gasteiger partial charge in [-0.15, -0.1) is 0 Å². The Morgan fingerprint density at radius 1 is 1.28 bits per heavy atom. The minimum atomic E-state index is -0.401. The van der Waals surface area contributed by atoms with E-state index in [9.17, 15) is 9.59 Å². The molecule has 1 aromatic rings. The lowest BCUT2D eigenvalue weighted by atomic mass is 9.90. The number of amides is 2. The number of benzene rings is 1. The van der Waals surface area contributed by atoms with E-state index < -0.39 is 6.04 Å². The number of carbonyl (C=O) groups is 2. The van der Waals surface area contributed by atoms with Crippen LogP contribution in [0.15, 0.2) is 18.2 Å². The second kappa shape index (κ2) is 7.14. The molecule has 2 amide bonds. The normalized spacial score (nSPS) is 26.3. The highest BCUT2D eigenvalue weighted by molar-refractivity contribution is 6.42. The van der Waals surface area contributed by atoms with Crippen LogP contribution in [0.4, 0.5) is 0 Å². The van der Waals surface area contributed by atoms with Gasteiger partial charge in [0.25, 0.3) is 5.91 Å². The summed E-state index contributed by atoms with van der Waals surface area (Å²) in [5, 5.41) is 0.748. The Bertz CT molecular complexity index is 697. The zero-order valence-electron chi connectivity index (χ0n) is 14.3. The molecule has 2 atom stereocenters. The SMILES string of the molecule is CC1(CN)CCN(C(=O)C2CCCN2C(=O)c2ccc(Cl)c(Cl)c2)C1. The Balaban J connectivity index is 1.75. The van der Waals surface area contributed by atoms with Crippen molar-refractivity contribution >= 4 is 35.0 Å². The van der Waals surface area contributed by atoms with Crippen molar-refractivity contribution in [3.8, 4) is 0 Å². The first-order valence-corrected chi connectivity index (χ1v) is 9.35. The smallest absolute Gasteiger partial charge is 0.254 e. The first kappa shape index (κ1) is 18.5. The van der Waals surface area contributed by atoms with Gasteiger partial charge in [-0.2, -0.15) is 0 Å². The summed E-state index contributed by atoms with van der Waals surface area (Å²) >= 11 is 11.9. The van der Waals surface area contributed by atoms with Crippen LogP contribution < -0.4 is 5.73 Å². The van der Waals surface area contributed by atoms with Gasteiger partial charge in [0.05, 0.1) is 10.0 Å². The molecule has 0 aromatic heterocycles. The van der Waals surface area contributed by atoms with Crippen molar-refractivity contribution in [2.45, 2.75) is 32.2 Å². The summed E-state index contributed by atoms with van der Waals surface area (Å²) in [5.74, 6) is -0.140. The van der Waals surface area contributed by atoms with E-state index >= 15 is 0 Å². The van der Waals surface area contributed by atoms with E-state index in [-0.39, 0.29) is 17.2 Å². The zero-order valence-corrected chi connectivity index (χ0v) is 15.8. The van der Waals surface area contributed by atoms with Crippen molar-refractivity contribution in [3.05, 3.63) is 33.8 Å². The number of nitrogens with two attached hydrogens (primary N) is 1. The van der Waals surface area contributed by atoms with Gasteiger partial charge in [0, 0.05) is 25.2 Å². The van der Waals surface area contributed by atoms with Gasteiger partial charge < -0.3 is 15.5 Å². The van der Waals surface area contributed by atoms with Crippen molar-refractivity contribution in [2.24, 2.45) is 11.1 Å². The van der Waals surface area contributed by atoms with Gasteiger partial charge in [-0.3, -0.25) is 9.59 Å². The molecule has 0 bridgehead atoms. The maximum Gasteiger partial charge on any atom is 0.254 e. The van der Waals surface area contributed by atoms with E-state index in [1.54, 1.807) is 23.1 Å². The van der Waals surface area contributed by atoms with Crippen LogP contribution in [-0.4, -0.2) is 53.8 Å². The fourth-order valence-electron chi connectivity index (χ4n) is 3.65. The fraction of sp³-hybridized carbons (Fsp3) is 0.556. The molecule has 3 rings (SSSR count). The molecule has 7 heteroatoms. The van der Waals surface area contributed by atoms with Crippen molar-refractivity contribution in [1.29, 1.82) is 0 Å². The van der Waals surface area contributed by atoms with Crippen LogP contribution in [0.3, 0.4) is 0 Å². The van der Waals surface area contributed by atoms with E-state index in [4.69, 9.17) is 28.9 Å². The number of carbonyl (C=O) groups excluding carboxylic acids is 2. The molecule has 2 fully saturated rings. The molecule has 1 aromatic carbocycles. The van der Waals surface area contributed by atoms with Gasteiger partial charge in [-0.05, 0) is 49.4 Å². The van der Waals surface area contributed by atoms with Gasteiger partial charge >= 0.3 is 0 Å². The molecule has 0 spiro atoms. The number of nitrogens with zero attached hydrogens (tertiary/aromatic N) is 2. The van der Waals surface area contributed by atoms with Crippen LogP contribution in [0.2, 0.25) is 10.0 Å². The van der Waals surface area contributed by atoms with Crippen LogP contribution >= 0.6 is 23.2 Å². The number of hydrogen-bond acceptors (Lipinski definition) is 3. The van der Waals surface area contributed by atoms with E-state index in [0.29, 0.717) is 48.2 Å². The fourth-order valence-corrected chi connectivity index (χ4v) is 3.95. The van der Waals surface area contributed by atoms with Crippen molar-refractivity contribution < 1.29 is 9.59 Å². The lowest BCUT2D eigenvalue weighted by molar-refractivity contribution is -0.134. The molecule has 2 heterocycles. The molecule has 25 heavy (non-hydrogen) atoms. The van der Waals surface area contributed by atoms with E-state index in [1.807, 2.05) is 4.90 Å². The summed E-state index contributed by atoms with van der Waals surface area (Å²) in [6, 6.07) is 4.42. The molecule has 2 saturated heterocycles. The van der Waals surface area contributed by atoms with Gasteiger partial charge in [0.1, 0.15) is 6.04 Å². The molecular weight excluding hydrogens is 361 g/mol. The summed E-state index contributed by atoms with van der Waals surface area (Å²) < 4.78 is 0. The largest absolute Gasteiger partial charge is 0.340 e. The molecule has 5 nitrogen and oxygen atoms in total. The van der Waals surface area contributed by atoms with E-state index in [2.05, 4.69) is 6.92 Å². The summed E-state index contributed by atoms with van der Waals surface area (Å²) in [6.45, 7) is 4.61. The second-order valence-electron chi connectivity index (χ2n) is 7.31. The Hall–Kier alpha value is -1.30. The molecule has 2 N–H and O–H groups in total. The monoisotopic (exact) mass is 383 g/mol. The number of rotatable bonds is 3. The highest BCUT2D eigenvalue weighted by atomic mass is 35.5. The van der Waals surface area contributed by atoms with Crippen LogP contribution in [0.5, 0.6) is 0 Å². The van der Waals surface area contributed by atoms with Gasteiger partial charge in [0.15, 0.2) is 0 Å². The van der Waals surface area contributed by atoms with Crippen molar-refractivity contribution in [3.63, 3.8) is 0 Å². The Morgan fingerprint density at radius 2 is 2.04 bits per heavy atom. The predicted molar refractivity (Wildman–Crippen MR) is 98.9 cm³/mol. The van der Waals surface area contributed by atoms with Crippen LogP contribution in [-0.2, 0) is 4.79 Å². The number of likely N-dealkylation sites (tertiary alicyclic amines) is 2. The maximum atomic E-state index is 13.0. The Labute approximate surface area is 158 Å². The third-order valence-corrected chi connectivity index (χ3v) is 6.07. The second-order valence-corrected chi connectivity index (χ2v) is 8.12. The topological polar surface area (TPSA) is 66.6 Å². The van der Waals surface area contributed by atoms with Gasteiger partial charge in [0.2, 0.25) is 5.91 Å². The highest BCUT2D eigenvalue weighted by Gasteiger charge is 2.41. The standard InChI is InChI=1S/C18H23Cl2N3O2/c1-18(10-21)6-8-22(11-18)17(25)15-3-2-7-23(15)16(24)12-4-5-13(19)14(20)9-12/h4-5,9,15H,2-3,6-8,10-11,21H2,1H3. The van der Waals surface area contributed by atoms with E-state index in [1.165, 1.54) is 0 Å². The third kappa shape index (κ3) is 3.64.